The molecule has 1 aliphatic rings. The molecule has 4 rings (SSSR count). The van der Waals surface area contributed by atoms with E-state index in [9.17, 15) is 4.53 Å². The molecule has 3 aromatic rings. The third kappa shape index (κ3) is 6.48. The van der Waals surface area contributed by atoms with Crippen LogP contribution in [0.25, 0.3) is 0 Å². The minimum Gasteiger partial charge on any atom is -0.495 e. The van der Waals surface area contributed by atoms with Gasteiger partial charge in [-0.15, -0.1) is 5.10 Å². The van der Waals surface area contributed by atoms with Crippen molar-refractivity contribution in [3.63, 3.8) is 0 Å². The Bertz CT molecular complexity index is 1280. The van der Waals surface area contributed by atoms with Gasteiger partial charge in [-0.3, -0.25) is 4.94 Å². The summed E-state index contributed by atoms with van der Waals surface area (Å²) in [6.07, 6.45) is 4.11. The highest BCUT2D eigenvalue weighted by Gasteiger charge is 2.21. The highest BCUT2D eigenvalue weighted by molar-refractivity contribution is 8.14. The Hall–Kier alpha value is -4.18. The van der Waals surface area contributed by atoms with Crippen LogP contribution < -0.4 is 20.3 Å². The molecule has 0 unspecified atom stereocenters. The van der Waals surface area contributed by atoms with Crippen LogP contribution in [0.3, 0.4) is 0 Å². The molecule has 0 bridgehead atoms. The molecular weight excluding hydrogens is 479 g/mol. The van der Waals surface area contributed by atoms with E-state index in [1.165, 1.54) is 18.5 Å². The predicted octanol–water partition coefficient (Wildman–Crippen LogP) is 5.36. The van der Waals surface area contributed by atoms with Crippen LogP contribution in [0, 0.1) is 0 Å². The molecule has 0 saturated carbocycles. The lowest BCUT2D eigenvalue weighted by Gasteiger charge is -2.29. The Balaban J connectivity index is 1.41. The third-order valence-corrected chi connectivity index (χ3v) is 6.30. The van der Waals surface area contributed by atoms with E-state index in [2.05, 4.69) is 30.0 Å². The first-order chi connectivity index (χ1) is 17.7. The fourth-order valence-corrected chi connectivity index (χ4v) is 4.33. The van der Waals surface area contributed by atoms with E-state index in [1.54, 1.807) is 37.2 Å². The SMILES string of the molecule is COc1ccccc1N1CCCS/C1=N\N=C\c1ccc(C(N)=NC=Nc2ccc(OF)cc2)cc1. The quantitative estimate of drug-likeness (QED) is 0.253. The fourth-order valence-electron chi connectivity index (χ4n) is 3.42. The predicted molar refractivity (Wildman–Crippen MR) is 146 cm³/mol. The second-order valence-corrected chi connectivity index (χ2v) is 8.67. The Kier molecular flexibility index (Phi) is 8.66. The van der Waals surface area contributed by atoms with Gasteiger partial charge in [0.2, 0.25) is 0 Å². The lowest BCUT2D eigenvalue weighted by atomic mass is 10.1. The maximum absolute atomic E-state index is 12.1. The number of methoxy groups -OCH3 is 1. The molecule has 1 aliphatic heterocycles. The normalized spacial score (nSPS) is 15.7. The summed E-state index contributed by atoms with van der Waals surface area (Å²) in [4.78, 5) is 14.1. The van der Waals surface area contributed by atoms with Crippen LogP contribution in [0.15, 0.2) is 93.0 Å². The van der Waals surface area contributed by atoms with Crippen LogP contribution in [0.1, 0.15) is 17.5 Å². The van der Waals surface area contributed by atoms with Crippen LogP contribution in [0.4, 0.5) is 15.9 Å². The van der Waals surface area contributed by atoms with Gasteiger partial charge in [0.15, 0.2) is 10.9 Å². The molecule has 0 amide bonds. The number of benzene rings is 3. The average molecular weight is 505 g/mol. The van der Waals surface area contributed by atoms with Gasteiger partial charge in [-0.05, 0) is 48.4 Å². The van der Waals surface area contributed by atoms with Crippen LogP contribution >= 0.6 is 11.8 Å². The molecule has 0 atom stereocenters. The standard InChI is InChI=1S/C26H25FN6O2S/c1-34-24-6-3-2-5-23(24)33-15-4-16-36-26(33)32-31-17-19-7-9-20(10-8-19)25(28)30-18-29-21-11-13-22(35-27)14-12-21/h2-3,5-14,17-18H,4,15-16H2,1H3,(H2,28,29,30)/b31-17+,32-26-. The van der Waals surface area contributed by atoms with Gasteiger partial charge < -0.3 is 15.4 Å². The number of thioether (sulfide) groups is 1. The van der Waals surface area contributed by atoms with Crippen molar-refractivity contribution in [3.8, 4) is 11.5 Å². The Morgan fingerprint density at radius 2 is 1.83 bits per heavy atom. The lowest BCUT2D eigenvalue weighted by Crippen LogP contribution is -2.34. The first kappa shape index (κ1) is 24.9. The Labute approximate surface area is 213 Å². The zero-order chi connectivity index (χ0) is 25.2. The molecule has 8 nitrogen and oxygen atoms in total. The van der Waals surface area contributed by atoms with E-state index in [0.29, 0.717) is 11.5 Å². The second kappa shape index (κ2) is 12.5. The molecule has 0 aromatic heterocycles. The van der Waals surface area contributed by atoms with Gasteiger partial charge in [0, 0.05) is 22.4 Å². The smallest absolute Gasteiger partial charge is 0.190 e. The van der Waals surface area contributed by atoms with Gasteiger partial charge in [0.05, 0.1) is 24.7 Å². The molecule has 0 radical (unpaired) electrons. The molecule has 1 fully saturated rings. The monoisotopic (exact) mass is 504 g/mol. The van der Waals surface area contributed by atoms with E-state index in [4.69, 9.17) is 10.5 Å². The topological polar surface area (TPSA) is 97.2 Å². The largest absolute Gasteiger partial charge is 0.495 e. The number of amidine groups is 2. The number of hydrogen-bond donors (Lipinski definition) is 1. The number of nitrogens with zero attached hydrogens (tertiary/aromatic N) is 5. The highest BCUT2D eigenvalue weighted by atomic mass is 32.2. The molecule has 10 heteroatoms. The first-order valence-corrected chi connectivity index (χ1v) is 12.2. The summed E-state index contributed by atoms with van der Waals surface area (Å²) in [5.41, 5.74) is 9.27. The molecule has 0 spiro atoms. The number of hydrogen-bond acceptors (Lipinski definition) is 6. The number of ether oxygens (including phenoxy) is 1. The van der Waals surface area contributed by atoms with Crippen LogP contribution in [0.5, 0.6) is 11.5 Å². The highest BCUT2D eigenvalue weighted by Crippen LogP contribution is 2.32. The van der Waals surface area contributed by atoms with E-state index >= 15 is 0 Å². The molecule has 184 valence electrons. The summed E-state index contributed by atoms with van der Waals surface area (Å²) in [7, 11) is 1.67. The summed E-state index contributed by atoms with van der Waals surface area (Å²) in [6, 6.07) is 21.5. The minimum atomic E-state index is 0.109. The van der Waals surface area contributed by atoms with Gasteiger partial charge >= 0.3 is 0 Å². The number of nitrogens with two attached hydrogens (primary N) is 1. The maximum atomic E-state index is 12.1. The molecular formula is C26H25FN6O2S. The number of halogens is 1. The van der Waals surface area contributed by atoms with Crippen molar-refractivity contribution in [3.05, 3.63) is 83.9 Å². The molecule has 3 aromatic carbocycles. The Morgan fingerprint density at radius 3 is 2.58 bits per heavy atom. The maximum Gasteiger partial charge on any atom is 0.190 e. The summed E-state index contributed by atoms with van der Waals surface area (Å²) < 4.78 is 17.6. The minimum absolute atomic E-state index is 0.109. The number of rotatable bonds is 8. The van der Waals surface area contributed by atoms with Gasteiger partial charge in [-0.2, -0.15) is 5.10 Å². The van der Waals surface area contributed by atoms with E-state index in [1.807, 2.05) is 48.5 Å². The molecule has 36 heavy (non-hydrogen) atoms. The number of anilines is 1. The van der Waals surface area contributed by atoms with Gasteiger partial charge in [0.25, 0.3) is 0 Å². The van der Waals surface area contributed by atoms with Gasteiger partial charge in [-0.1, -0.05) is 48.2 Å². The van der Waals surface area contributed by atoms with Crippen molar-refractivity contribution < 1.29 is 14.2 Å². The summed E-state index contributed by atoms with van der Waals surface area (Å²) in [5.74, 6) is 2.23. The van der Waals surface area contributed by atoms with Gasteiger partial charge in [-0.25, -0.2) is 9.98 Å². The number of aliphatic imine (C=N–C) groups is 2. The van der Waals surface area contributed by atoms with E-state index < -0.39 is 0 Å². The van der Waals surface area contributed by atoms with Crippen molar-refractivity contribution in [2.24, 2.45) is 25.9 Å². The molecule has 1 saturated heterocycles. The molecule has 0 aliphatic carbocycles. The van der Waals surface area contributed by atoms with E-state index in [0.717, 1.165) is 46.4 Å². The molecule has 2 N–H and O–H groups in total. The summed E-state index contributed by atoms with van der Waals surface area (Å²) in [5, 5.41) is 9.62. The second-order valence-electron chi connectivity index (χ2n) is 7.60. The van der Waals surface area contributed by atoms with Crippen LogP contribution in [0.2, 0.25) is 0 Å². The zero-order valence-corrected chi connectivity index (χ0v) is 20.4. The fraction of sp³-hybridized carbons (Fsp3) is 0.154. The average Bonchev–Trinajstić information content (AvgIpc) is 2.94. The molecule has 1 heterocycles. The Morgan fingerprint density at radius 1 is 1.06 bits per heavy atom. The van der Waals surface area contributed by atoms with Crippen molar-refractivity contribution in [2.75, 3.05) is 24.3 Å². The van der Waals surface area contributed by atoms with Crippen molar-refractivity contribution in [1.29, 1.82) is 0 Å². The van der Waals surface area contributed by atoms with Crippen molar-refractivity contribution >= 4 is 46.7 Å². The summed E-state index contributed by atoms with van der Waals surface area (Å²) >= 11 is 1.67. The van der Waals surface area contributed by atoms with Gasteiger partial charge in [0.1, 0.15) is 17.9 Å². The van der Waals surface area contributed by atoms with Crippen molar-refractivity contribution in [1.82, 2.24) is 0 Å². The third-order valence-electron chi connectivity index (χ3n) is 5.25. The van der Waals surface area contributed by atoms with E-state index in [-0.39, 0.29) is 5.75 Å². The lowest BCUT2D eigenvalue weighted by molar-refractivity contribution is -0.00618. The van der Waals surface area contributed by atoms with Crippen LogP contribution in [-0.4, -0.2) is 43.0 Å². The number of para-hydroxylation sites is 2. The zero-order valence-electron chi connectivity index (χ0n) is 19.6. The van der Waals surface area contributed by atoms with Crippen LogP contribution in [-0.2, 0) is 0 Å². The summed E-state index contributed by atoms with van der Waals surface area (Å²) in [6.45, 7) is 0.857. The van der Waals surface area contributed by atoms with Crippen molar-refractivity contribution in [2.45, 2.75) is 6.42 Å². The first-order valence-electron chi connectivity index (χ1n) is 11.2.